The van der Waals surface area contributed by atoms with E-state index in [-0.39, 0.29) is 0 Å². The molecule has 1 unspecified atom stereocenters. The highest BCUT2D eigenvalue weighted by Gasteiger charge is 2.21. The van der Waals surface area contributed by atoms with Crippen LogP contribution in [0.4, 0.5) is 0 Å². The molecule has 0 aromatic carbocycles. The van der Waals surface area contributed by atoms with E-state index in [0.717, 1.165) is 26.2 Å². The molecule has 4 nitrogen and oxygen atoms in total. The van der Waals surface area contributed by atoms with Crippen molar-refractivity contribution >= 4 is 0 Å². The van der Waals surface area contributed by atoms with Crippen LogP contribution < -0.4 is 10.9 Å². The molecule has 0 aromatic heterocycles. The van der Waals surface area contributed by atoms with Gasteiger partial charge in [0.15, 0.2) is 0 Å². The van der Waals surface area contributed by atoms with Gasteiger partial charge in [-0.1, -0.05) is 0 Å². The number of rotatable bonds is 4. The standard InChI is InChI=1S/C9H21N3O/c1-8-6-12(5-4-11-10-3)7-9(2)13-8/h8-11H,4-7H2,1-3H3/t8-,9?/m1/s1. The van der Waals surface area contributed by atoms with Gasteiger partial charge < -0.3 is 4.74 Å². The Morgan fingerprint density at radius 3 is 2.46 bits per heavy atom. The molecule has 1 saturated heterocycles. The van der Waals surface area contributed by atoms with Crippen molar-refractivity contribution < 1.29 is 4.74 Å². The van der Waals surface area contributed by atoms with Crippen LogP contribution in [0, 0.1) is 0 Å². The van der Waals surface area contributed by atoms with Crippen LogP contribution in [0.2, 0.25) is 0 Å². The summed E-state index contributed by atoms with van der Waals surface area (Å²) < 4.78 is 5.64. The zero-order chi connectivity index (χ0) is 9.68. The number of hydrogen-bond donors (Lipinski definition) is 2. The first-order chi connectivity index (χ1) is 6.22. The van der Waals surface area contributed by atoms with Crippen LogP contribution in [0.5, 0.6) is 0 Å². The molecule has 78 valence electrons. The van der Waals surface area contributed by atoms with Crippen LogP contribution in [-0.2, 0) is 4.74 Å². The second kappa shape index (κ2) is 5.54. The average molecular weight is 187 g/mol. The number of nitrogens with one attached hydrogen (secondary N) is 2. The second-order valence-electron chi connectivity index (χ2n) is 3.69. The van der Waals surface area contributed by atoms with E-state index in [4.69, 9.17) is 4.74 Å². The molecule has 2 N–H and O–H groups in total. The zero-order valence-electron chi connectivity index (χ0n) is 8.84. The summed E-state index contributed by atoms with van der Waals surface area (Å²) in [6, 6.07) is 0. The Hall–Kier alpha value is -0.160. The fourth-order valence-electron chi connectivity index (χ4n) is 1.81. The predicted octanol–water partition coefficient (Wildman–Crippen LogP) is -0.180. The van der Waals surface area contributed by atoms with E-state index in [1.807, 2.05) is 7.05 Å². The molecule has 1 heterocycles. The van der Waals surface area contributed by atoms with Crippen molar-refractivity contribution in [1.29, 1.82) is 0 Å². The molecule has 2 atom stereocenters. The number of nitrogens with zero attached hydrogens (tertiary/aromatic N) is 1. The van der Waals surface area contributed by atoms with E-state index >= 15 is 0 Å². The van der Waals surface area contributed by atoms with Crippen molar-refractivity contribution in [1.82, 2.24) is 15.8 Å². The molecule has 1 aliphatic heterocycles. The number of ether oxygens (including phenoxy) is 1. The predicted molar refractivity (Wildman–Crippen MR) is 53.5 cm³/mol. The molecule has 0 amide bonds. The lowest BCUT2D eigenvalue weighted by molar-refractivity contribution is -0.0675. The van der Waals surface area contributed by atoms with E-state index in [1.54, 1.807) is 0 Å². The largest absolute Gasteiger partial charge is 0.373 e. The van der Waals surface area contributed by atoms with E-state index in [2.05, 4.69) is 29.6 Å². The van der Waals surface area contributed by atoms with Gasteiger partial charge in [-0.2, -0.15) is 0 Å². The summed E-state index contributed by atoms with van der Waals surface area (Å²) in [4.78, 5) is 2.43. The SMILES string of the molecule is CNNCCN1CC(C)O[C@H](C)C1. The number of morpholine rings is 1. The van der Waals surface area contributed by atoms with Crippen LogP contribution in [0.3, 0.4) is 0 Å². The van der Waals surface area contributed by atoms with Gasteiger partial charge in [0.05, 0.1) is 12.2 Å². The third kappa shape index (κ3) is 4.04. The molecule has 0 aromatic rings. The highest BCUT2D eigenvalue weighted by atomic mass is 16.5. The lowest BCUT2D eigenvalue weighted by Crippen LogP contribution is -2.48. The molecule has 0 bridgehead atoms. The highest BCUT2D eigenvalue weighted by Crippen LogP contribution is 2.09. The van der Waals surface area contributed by atoms with E-state index in [0.29, 0.717) is 12.2 Å². The van der Waals surface area contributed by atoms with Gasteiger partial charge in [0.1, 0.15) is 0 Å². The third-order valence-corrected chi connectivity index (χ3v) is 2.23. The Morgan fingerprint density at radius 2 is 1.92 bits per heavy atom. The summed E-state index contributed by atoms with van der Waals surface area (Å²) in [5.41, 5.74) is 6.01. The summed E-state index contributed by atoms with van der Waals surface area (Å²) in [5, 5.41) is 0. The Balaban J connectivity index is 2.17. The van der Waals surface area contributed by atoms with E-state index < -0.39 is 0 Å². The summed E-state index contributed by atoms with van der Waals surface area (Å²) in [5.74, 6) is 0. The Labute approximate surface area is 80.6 Å². The second-order valence-corrected chi connectivity index (χ2v) is 3.69. The Morgan fingerprint density at radius 1 is 1.31 bits per heavy atom. The van der Waals surface area contributed by atoms with Gasteiger partial charge in [-0.15, -0.1) is 0 Å². The van der Waals surface area contributed by atoms with Gasteiger partial charge in [-0.3, -0.25) is 15.8 Å². The molecule has 0 aliphatic carbocycles. The van der Waals surface area contributed by atoms with Crippen LogP contribution in [-0.4, -0.2) is 50.3 Å². The van der Waals surface area contributed by atoms with Gasteiger partial charge in [0.25, 0.3) is 0 Å². The smallest absolute Gasteiger partial charge is 0.0678 e. The number of hydrazine groups is 1. The minimum absolute atomic E-state index is 0.373. The topological polar surface area (TPSA) is 36.5 Å². The molecular weight excluding hydrogens is 166 g/mol. The quantitative estimate of drug-likeness (QED) is 0.473. The summed E-state index contributed by atoms with van der Waals surface area (Å²) in [6.07, 6.45) is 0.747. The highest BCUT2D eigenvalue weighted by molar-refractivity contribution is 4.73. The van der Waals surface area contributed by atoms with Gasteiger partial charge in [0.2, 0.25) is 0 Å². The maximum atomic E-state index is 5.64. The molecule has 13 heavy (non-hydrogen) atoms. The van der Waals surface area contributed by atoms with Crippen molar-refractivity contribution in [3.8, 4) is 0 Å². The molecule has 1 fully saturated rings. The Bertz CT molecular complexity index is 133. The van der Waals surface area contributed by atoms with Gasteiger partial charge in [-0.25, -0.2) is 0 Å². The van der Waals surface area contributed by atoms with Crippen LogP contribution in [0.1, 0.15) is 13.8 Å². The minimum atomic E-state index is 0.373. The molecule has 0 saturated carbocycles. The molecular formula is C9H21N3O. The van der Waals surface area contributed by atoms with Crippen molar-refractivity contribution in [2.24, 2.45) is 0 Å². The maximum absolute atomic E-state index is 5.64. The summed E-state index contributed by atoms with van der Waals surface area (Å²) in [6.45, 7) is 8.43. The molecule has 1 rings (SSSR count). The first-order valence-electron chi connectivity index (χ1n) is 4.99. The maximum Gasteiger partial charge on any atom is 0.0678 e. The fraction of sp³-hybridized carbons (Fsp3) is 1.00. The summed E-state index contributed by atoms with van der Waals surface area (Å²) in [7, 11) is 1.89. The van der Waals surface area contributed by atoms with Crippen molar-refractivity contribution in [2.75, 3.05) is 33.2 Å². The van der Waals surface area contributed by atoms with Crippen molar-refractivity contribution in [3.63, 3.8) is 0 Å². The minimum Gasteiger partial charge on any atom is -0.373 e. The first kappa shape index (κ1) is 10.9. The first-order valence-corrected chi connectivity index (χ1v) is 4.99. The average Bonchev–Trinajstić information content (AvgIpc) is 2.03. The van der Waals surface area contributed by atoms with Crippen LogP contribution >= 0.6 is 0 Å². The lowest BCUT2D eigenvalue weighted by Gasteiger charge is -2.35. The van der Waals surface area contributed by atoms with Crippen LogP contribution in [0.15, 0.2) is 0 Å². The third-order valence-electron chi connectivity index (χ3n) is 2.23. The zero-order valence-corrected chi connectivity index (χ0v) is 8.84. The van der Waals surface area contributed by atoms with Crippen LogP contribution in [0.25, 0.3) is 0 Å². The normalized spacial score (nSPS) is 30.7. The van der Waals surface area contributed by atoms with Crippen molar-refractivity contribution in [2.45, 2.75) is 26.1 Å². The summed E-state index contributed by atoms with van der Waals surface area (Å²) >= 11 is 0. The molecule has 1 aliphatic rings. The van der Waals surface area contributed by atoms with Gasteiger partial charge in [0, 0.05) is 26.2 Å². The van der Waals surface area contributed by atoms with Gasteiger partial charge in [-0.05, 0) is 20.9 Å². The fourth-order valence-corrected chi connectivity index (χ4v) is 1.81. The molecule has 4 heteroatoms. The molecule has 0 radical (unpaired) electrons. The van der Waals surface area contributed by atoms with E-state index in [9.17, 15) is 0 Å². The number of hydrogen-bond acceptors (Lipinski definition) is 4. The monoisotopic (exact) mass is 187 g/mol. The Kier molecular flexibility index (Phi) is 4.66. The molecule has 0 spiro atoms. The lowest BCUT2D eigenvalue weighted by atomic mass is 10.2. The van der Waals surface area contributed by atoms with Gasteiger partial charge >= 0.3 is 0 Å². The van der Waals surface area contributed by atoms with E-state index in [1.165, 1.54) is 0 Å². The van der Waals surface area contributed by atoms with Crippen molar-refractivity contribution in [3.05, 3.63) is 0 Å².